The van der Waals surface area contributed by atoms with Crippen LogP contribution in [0.5, 0.6) is 0 Å². The number of rotatable bonds is 9. The van der Waals surface area contributed by atoms with Crippen LogP contribution < -0.4 is 10.6 Å². The summed E-state index contributed by atoms with van der Waals surface area (Å²) in [5.74, 6) is -1.72. The van der Waals surface area contributed by atoms with E-state index in [0.29, 0.717) is 18.4 Å². The fourth-order valence-corrected chi connectivity index (χ4v) is 3.91. The number of furan rings is 1. The number of imidazole rings is 1. The number of fused-ring (bicyclic) bond motifs is 1. The zero-order chi connectivity index (χ0) is 29.0. The van der Waals surface area contributed by atoms with E-state index in [1.54, 1.807) is 20.8 Å². The standard InChI is InChI=1S/C25H28ClF3N4O6/c1-24(2,3)39-23(36)30-9-6-5-7-17(22(35)37-4)31-21(34)18-19(26)33-12-15(14-8-10-38-13-14)11-16(20(33)32-18)25(27,28)29/h8,10-13,17H,5-7,9H2,1-4H3,(H,30,36)(H,31,34)/t17-/m0/s1. The van der Waals surface area contributed by atoms with Gasteiger partial charge in [0.25, 0.3) is 5.91 Å². The number of carbonyl (C=O) groups is 3. The molecule has 3 aromatic rings. The molecule has 2 amide bonds. The molecule has 2 N–H and O–H groups in total. The van der Waals surface area contributed by atoms with Gasteiger partial charge in [0.15, 0.2) is 11.3 Å². The number of aromatic nitrogens is 2. The number of esters is 1. The van der Waals surface area contributed by atoms with Gasteiger partial charge in [-0.1, -0.05) is 11.6 Å². The highest BCUT2D eigenvalue weighted by atomic mass is 35.5. The number of amides is 2. The molecule has 3 aromatic heterocycles. The van der Waals surface area contributed by atoms with Crippen molar-refractivity contribution in [2.75, 3.05) is 13.7 Å². The molecule has 0 saturated heterocycles. The zero-order valence-corrected chi connectivity index (χ0v) is 22.4. The maximum Gasteiger partial charge on any atom is 0.420 e. The molecule has 1 atom stereocenters. The first-order valence-electron chi connectivity index (χ1n) is 11.9. The fourth-order valence-electron chi connectivity index (χ4n) is 3.65. The van der Waals surface area contributed by atoms with Crippen LogP contribution in [0.3, 0.4) is 0 Å². The van der Waals surface area contributed by atoms with E-state index in [1.807, 2.05) is 0 Å². The number of carbonyl (C=O) groups excluding carboxylic acids is 3. The van der Waals surface area contributed by atoms with E-state index in [1.165, 1.54) is 24.8 Å². The van der Waals surface area contributed by atoms with Crippen LogP contribution in [0.15, 0.2) is 35.3 Å². The van der Waals surface area contributed by atoms with Crippen LogP contribution in [0.4, 0.5) is 18.0 Å². The number of alkyl carbamates (subject to hydrolysis) is 1. The predicted molar refractivity (Wildman–Crippen MR) is 134 cm³/mol. The lowest BCUT2D eigenvalue weighted by molar-refractivity contribution is -0.143. The monoisotopic (exact) mass is 572 g/mol. The average Bonchev–Trinajstić information content (AvgIpc) is 3.49. The van der Waals surface area contributed by atoms with E-state index in [4.69, 9.17) is 25.5 Å². The van der Waals surface area contributed by atoms with E-state index in [-0.39, 0.29) is 23.7 Å². The largest absolute Gasteiger partial charge is 0.472 e. The second kappa shape index (κ2) is 12.0. The van der Waals surface area contributed by atoms with Crippen molar-refractivity contribution < 1.29 is 41.4 Å². The van der Waals surface area contributed by atoms with Crippen LogP contribution in [0, 0.1) is 0 Å². The van der Waals surface area contributed by atoms with E-state index in [9.17, 15) is 27.6 Å². The molecule has 0 aliphatic rings. The SMILES string of the molecule is COC(=O)[C@H](CCCCNC(=O)OC(C)(C)C)NC(=O)c1nc2c(C(F)(F)F)cc(-c3ccoc3)cn2c1Cl. The predicted octanol–water partition coefficient (Wildman–Crippen LogP) is 5.23. The number of alkyl halides is 3. The van der Waals surface area contributed by atoms with Gasteiger partial charge in [-0.25, -0.2) is 14.6 Å². The normalized spacial score (nSPS) is 12.7. The minimum atomic E-state index is -4.80. The van der Waals surface area contributed by atoms with Crippen molar-refractivity contribution in [1.29, 1.82) is 0 Å². The molecule has 0 unspecified atom stereocenters. The first-order chi connectivity index (χ1) is 18.2. The number of nitrogens with one attached hydrogen (secondary N) is 2. The number of nitrogens with zero attached hydrogens (tertiary/aromatic N) is 2. The molecule has 0 radical (unpaired) electrons. The lowest BCUT2D eigenvalue weighted by Crippen LogP contribution is -2.42. The molecule has 0 aliphatic heterocycles. The molecule has 0 fully saturated rings. The Morgan fingerprint density at radius 2 is 1.90 bits per heavy atom. The van der Waals surface area contributed by atoms with Gasteiger partial charge in [-0.3, -0.25) is 9.20 Å². The van der Waals surface area contributed by atoms with Crippen molar-refractivity contribution in [2.24, 2.45) is 0 Å². The zero-order valence-electron chi connectivity index (χ0n) is 21.6. The van der Waals surface area contributed by atoms with E-state index in [2.05, 4.69) is 15.6 Å². The van der Waals surface area contributed by atoms with Crippen LogP contribution >= 0.6 is 11.6 Å². The molecule has 212 valence electrons. The molecule has 39 heavy (non-hydrogen) atoms. The van der Waals surface area contributed by atoms with Crippen LogP contribution in [-0.2, 0) is 20.4 Å². The van der Waals surface area contributed by atoms with Crippen molar-refractivity contribution in [3.63, 3.8) is 0 Å². The van der Waals surface area contributed by atoms with Gasteiger partial charge in [0, 0.05) is 23.9 Å². The number of hydrogen-bond acceptors (Lipinski definition) is 7. The first-order valence-corrected chi connectivity index (χ1v) is 12.3. The summed E-state index contributed by atoms with van der Waals surface area (Å²) in [7, 11) is 1.14. The summed E-state index contributed by atoms with van der Waals surface area (Å²) in [5, 5.41) is 4.65. The Bertz CT molecular complexity index is 1330. The molecule has 0 spiro atoms. The molecular weight excluding hydrogens is 545 g/mol. The molecule has 10 nitrogen and oxygen atoms in total. The minimum Gasteiger partial charge on any atom is -0.472 e. The Labute approximate surface area is 226 Å². The number of pyridine rings is 1. The van der Waals surface area contributed by atoms with E-state index in [0.717, 1.165) is 17.6 Å². The molecule has 0 aliphatic carbocycles. The second-order valence-electron chi connectivity index (χ2n) is 9.57. The Kier molecular flexibility index (Phi) is 9.15. The molecule has 3 heterocycles. The van der Waals surface area contributed by atoms with E-state index < -0.39 is 52.7 Å². The van der Waals surface area contributed by atoms with Crippen LogP contribution in [0.2, 0.25) is 5.15 Å². The second-order valence-corrected chi connectivity index (χ2v) is 9.93. The fraction of sp³-hybridized carbons (Fsp3) is 0.440. The molecule has 3 rings (SSSR count). The number of halogens is 4. The third-order valence-corrected chi connectivity index (χ3v) is 5.78. The molecule has 0 aromatic carbocycles. The summed E-state index contributed by atoms with van der Waals surface area (Å²) in [6, 6.07) is 1.23. The summed E-state index contributed by atoms with van der Waals surface area (Å²) in [6.45, 7) is 5.45. The van der Waals surface area contributed by atoms with Gasteiger partial charge in [0.05, 0.1) is 25.2 Å². The summed E-state index contributed by atoms with van der Waals surface area (Å²) < 4.78 is 57.4. The smallest absolute Gasteiger partial charge is 0.420 e. The highest BCUT2D eigenvalue weighted by Gasteiger charge is 2.36. The molecular formula is C25H28ClF3N4O6. The van der Waals surface area contributed by atoms with E-state index >= 15 is 0 Å². The van der Waals surface area contributed by atoms with Crippen LogP contribution in [0.1, 0.15) is 56.1 Å². The van der Waals surface area contributed by atoms with Gasteiger partial charge in [-0.2, -0.15) is 13.2 Å². The Balaban J connectivity index is 1.76. The first kappa shape index (κ1) is 29.8. The highest BCUT2D eigenvalue weighted by molar-refractivity contribution is 6.33. The van der Waals surface area contributed by atoms with Gasteiger partial charge in [0.1, 0.15) is 16.8 Å². The van der Waals surface area contributed by atoms with Crippen molar-refractivity contribution in [3.8, 4) is 11.1 Å². The molecule has 0 saturated carbocycles. The summed E-state index contributed by atoms with van der Waals surface area (Å²) in [4.78, 5) is 40.9. The third kappa shape index (κ3) is 7.65. The Hall–Kier alpha value is -3.74. The lowest BCUT2D eigenvalue weighted by atomic mass is 10.1. The van der Waals surface area contributed by atoms with Crippen LogP contribution in [0.25, 0.3) is 16.8 Å². The molecule has 14 heteroatoms. The maximum atomic E-state index is 13.9. The minimum absolute atomic E-state index is 0.123. The van der Waals surface area contributed by atoms with Crippen molar-refractivity contribution >= 4 is 35.2 Å². The summed E-state index contributed by atoms with van der Waals surface area (Å²) in [6.07, 6.45) is -0.549. The number of unbranched alkanes of at least 4 members (excludes halogenated alkanes) is 1. The van der Waals surface area contributed by atoms with Gasteiger partial charge in [0.2, 0.25) is 0 Å². The van der Waals surface area contributed by atoms with Gasteiger partial charge < -0.3 is 24.5 Å². The van der Waals surface area contributed by atoms with Crippen molar-refractivity contribution in [2.45, 2.75) is 57.9 Å². The average molecular weight is 573 g/mol. The van der Waals surface area contributed by atoms with Gasteiger partial charge in [-0.15, -0.1) is 0 Å². The van der Waals surface area contributed by atoms with Gasteiger partial charge >= 0.3 is 18.2 Å². The summed E-state index contributed by atoms with van der Waals surface area (Å²) >= 11 is 6.31. The lowest BCUT2D eigenvalue weighted by Gasteiger charge is -2.20. The third-order valence-electron chi connectivity index (χ3n) is 5.42. The quantitative estimate of drug-likeness (QED) is 0.266. The van der Waals surface area contributed by atoms with Crippen molar-refractivity contribution in [1.82, 2.24) is 20.0 Å². The van der Waals surface area contributed by atoms with Crippen LogP contribution in [-0.4, -0.2) is 52.7 Å². The Morgan fingerprint density at radius 1 is 1.18 bits per heavy atom. The molecule has 0 bridgehead atoms. The van der Waals surface area contributed by atoms with Gasteiger partial charge in [-0.05, 0) is 52.2 Å². The highest BCUT2D eigenvalue weighted by Crippen LogP contribution is 2.37. The topological polar surface area (TPSA) is 124 Å². The maximum absolute atomic E-state index is 13.9. The number of hydrogen-bond donors (Lipinski definition) is 2. The number of methoxy groups -OCH3 is 1. The summed E-state index contributed by atoms with van der Waals surface area (Å²) in [5.41, 5.74) is -2.32. The Morgan fingerprint density at radius 3 is 2.49 bits per heavy atom. The van der Waals surface area contributed by atoms with Crippen molar-refractivity contribution in [3.05, 3.63) is 47.3 Å². The number of ether oxygens (including phenoxy) is 2.